The number of rotatable bonds is 4. The Kier molecular flexibility index (Phi) is 3.97. The van der Waals surface area contributed by atoms with Crippen molar-refractivity contribution in [1.29, 1.82) is 0 Å². The molecule has 0 bridgehead atoms. The van der Waals surface area contributed by atoms with E-state index in [2.05, 4.69) is 5.32 Å². The zero-order chi connectivity index (χ0) is 13.1. The third-order valence-electron chi connectivity index (χ3n) is 3.22. The minimum atomic E-state index is -0.346. The largest absolute Gasteiger partial charge is 0.333 e. The maximum absolute atomic E-state index is 13.4. The third-order valence-corrected chi connectivity index (χ3v) is 3.22. The van der Waals surface area contributed by atoms with Crippen molar-refractivity contribution in [3.05, 3.63) is 35.1 Å². The van der Waals surface area contributed by atoms with Gasteiger partial charge in [-0.1, -0.05) is 6.92 Å². The van der Waals surface area contributed by atoms with Gasteiger partial charge in [0.05, 0.1) is 6.04 Å². The van der Waals surface area contributed by atoms with Gasteiger partial charge in [0.1, 0.15) is 5.82 Å². The summed E-state index contributed by atoms with van der Waals surface area (Å²) >= 11 is 0. The highest BCUT2D eigenvalue weighted by Gasteiger charge is 2.28. The van der Waals surface area contributed by atoms with Gasteiger partial charge in [0.25, 0.3) is 5.91 Å². The van der Waals surface area contributed by atoms with Crippen LogP contribution in [0, 0.1) is 12.7 Å². The van der Waals surface area contributed by atoms with Gasteiger partial charge in [0, 0.05) is 25.2 Å². The summed E-state index contributed by atoms with van der Waals surface area (Å²) in [5.41, 5.74) is 1.23. The van der Waals surface area contributed by atoms with E-state index in [0.717, 1.165) is 31.6 Å². The molecule has 0 radical (unpaired) electrons. The van der Waals surface area contributed by atoms with E-state index >= 15 is 0 Å². The molecule has 1 heterocycles. The maximum atomic E-state index is 13.4. The first-order valence-corrected chi connectivity index (χ1v) is 6.40. The van der Waals surface area contributed by atoms with Gasteiger partial charge in [0.2, 0.25) is 0 Å². The van der Waals surface area contributed by atoms with Crippen molar-refractivity contribution in [3.8, 4) is 0 Å². The smallest absolute Gasteiger partial charge is 0.254 e. The lowest BCUT2D eigenvalue weighted by Crippen LogP contribution is -2.59. The lowest BCUT2D eigenvalue weighted by atomic mass is 10.1. The molecule has 0 aromatic heterocycles. The summed E-state index contributed by atoms with van der Waals surface area (Å²) in [5.74, 6) is -0.410. The number of nitrogens with one attached hydrogen (secondary N) is 1. The van der Waals surface area contributed by atoms with E-state index in [1.807, 2.05) is 11.8 Å². The molecule has 98 valence electrons. The molecule has 1 N–H and O–H groups in total. The molecule has 1 aliphatic heterocycles. The number of nitrogens with zero attached hydrogens (tertiary/aromatic N) is 1. The number of halogens is 1. The normalized spacial score (nSPS) is 15.3. The Labute approximate surface area is 107 Å². The van der Waals surface area contributed by atoms with Crippen molar-refractivity contribution >= 4 is 5.91 Å². The zero-order valence-electron chi connectivity index (χ0n) is 10.9. The van der Waals surface area contributed by atoms with Gasteiger partial charge in [-0.2, -0.15) is 0 Å². The first-order valence-electron chi connectivity index (χ1n) is 6.40. The number of amides is 1. The van der Waals surface area contributed by atoms with Crippen molar-refractivity contribution in [3.63, 3.8) is 0 Å². The Balaban J connectivity index is 2.21. The van der Waals surface area contributed by atoms with Gasteiger partial charge in [-0.05, 0) is 37.1 Å². The van der Waals surface area contributed by atoms with Crippen molar-refractivity contribution in [2.45, 2.75) is 26.3 Å². The van der Waals surface area contributed by atoms with Crippen molar-refractivity contribution in [2.75, 3.05) is 19.6 Å². The standard InChI is InChI=1S/C14H19FN2O/c1-3-4-17(13-8-16-9-13)14(18)11-5-10(2)6-12(15)7-11/h5-7,13,16H,3-4,8-9H2,1-2H3. The Morgan fingerprint density at radius 1 is 1.44 bits per heavy atom. The molecule has 2 rings (SSSR count). The summed E-state index contributed by atoms with van der Waals surface area (Å²) in [4.78, 5) is 14.3. The van der Waals surface area contributed by atoms with Gasteiger partial charge in [-0.3, -0.25) is 4.79 Å². The molecule has 1 amide bonds. The van der Waals surface area contributed by atoms with Crippen LogP contribution in [0.15, 0.2) is 18.2 Å². The van der Waals surface area contributed by atoms with E-state index in [9.17, 15) is 9.18 Å². The van der Waals surface area contributed by atoms with Crippen molar-refractivity contribution < 1.29 is 9.18 Å². The Hall–Kier alpha value is -1.42. The summed E-state index contributed by atoms with van der Waals surface area (Å²) in [6.45, 7) is 6.24. The molecule has 0 unspecified atom stereocenters. The zero-order valence-corrected chi connectivity index (χ0v) is 10.9. The van der Waals surface area contributed by atoms with Crippen LogP contribution in [0.5, 0.6) is 0 Å². The predicted molar refractivity (Wildman–Crippen MR) is 69.1 cm³/mol. The number of carbonyl (C=O) groups is 1. The molecule has 1 saturated heterocycles. The van der Waals surface area contributed by atoms with Crippen LogP contribution < -0.4 is 5.32 Å². The minimum Gasteiger partial charge on any atom is -0.333 e. The first-order chi connectivity index (χ1) is 8.61. The number of hydrogen-bond acceptors (Lipinski definition) is 2. The highest BCUT2D eigenvalue weighted by atomic mass is 19.1. The monoisotopic (exact) mass is 250 g/mol. The van der Waals surface area contributed by atoms with Gasteiger partial charge in [-0.15, -0.1) is 0 Å². The highest BCUT2D eigenvalue weighted by molar-refractivity contribution is 5.94. The molecule has 1 aromatic rings. The molecule has 4 heteroatoms. The van der Waals surface area contributed by atoms with Gasteiger partial charge < -0.3 is 10.2 Å². The van der Waals surface area contributed by atoms with Crippen LogP contribution in [0.3, 0.4) is 0 Å². The van der Waals surface area contributed by atoms with Crippen molar-refractivity contribution in [1.82, 2.24) is 10.2 Å². The fourth-order valence-corrected chi connectivity index (χ4v) is 2.21. The molecule has 1 aromatic carbocycles. The lowest BCUT2D eigenvalue weighted by molar-refractivity contribution is 0.0615. The number of hydrogen-bond donors (Lipinski definition) is 1. The van der Waals surface area contributed by atoms with Crippen LogP contribution in [-0.4, -0.2) is 36.5 Å². The second-order valence-corrected chi connectivity index (χ2v) is 4.83. The van der Waals surface area contributed by atoms with E-state index in [-0.39, 0.29) is 17.8 Å². The molecule has 0 aliphatic carbocycles. The summed E-state index contributed by atoms with van der Waals surface area (Å²) < 4.78 is 13.4. The maximum Gasteiger partial charge on any atom is 0.254 e. The fourth-order valence-electron chi connectivity index (χ4n) is 2.21. The lowest BCUT2D eigenvalue weighted by Gasteiger charge is -2.38. The predicted octanol–water partition coefficient (Wildman–Crippen LogP) is 1.96. The van der Waals surface area contributed by atoms with E-state index < -0.39 is 0 Å². The molecule has 3 nitrogen and oxygen atoms in total. The van der Waals surface area contributed by atoms with E-state index in [4.69, 9.17) is 0 Å². The molecular formula is C14H19FN2O. The van der Waals surface area contributed by atoms with Crippen molar-refractivity contribution in [2.24, 2.45) is 0 Å². The summed E-state index contributed by atoms with van der Waals surface area (Å²) in [7, 11) is 0. The van der Waals surface area contributed by atoms with Crippen LogP contribution in [0.25, 0.3) is 0 Å². The van der Waals surface area contributed by atoms with E-state index in [0.29, 0.717) is 5.56 Å². The Morgan fingerprint density at radius 2 is 2.17 bits per heavy atom. The minimum absolute atomic E-state index is 0.0639. The quantitative estimate of drug-likeness (QED) is 0.886. The summed E-state index contributed by atoms with van der Waals surface area (Å²) in [6.07, 6.45) is 0.913. The molecule has 0 atom stereocenters. The first kappa shape index (κ1) is 13.0. The summed E-state index contributed by atoms with van der Waals surface area (Å²) in [5, 5.41) is 3.16. The van der Waals surface area contributed by atoms with Crippen LogP contribution in [0.1, 0.15) is 29.3 Å². The second-order valence-electron chi connectivity index (χ2n) is 4.83. The SMILES string of the molecule is CCCN(C(=O)c1cc(C)cc(F)c1)C1CNC1. The van der Waals surface area contributed by atoms with Crippen LogP contribution in [0.2, 0.25) is 0 Å². The van der Waals surface area contributed by atoms with Gasteiger partial charge in [-0.25, -0.2) is 4.39 Å². The molecule has 18 heavy (non-hydrogen) atoms. The van der Waals surface area contributed by atoms with E-state index in [1.165, 1.54) is 12.1 Å². The number of carbonyl (C=O) groups excluding carboxylic acids is 1. The Morgan fingerprint density at radius 3 is 2.67 bits per heavy atom. The van der Waals surface area contributed by atoms with Gasteiger partial charge in [0.15, 0.2) is 0 Å². The van der Waals surface area contributed by atoms with Crippen LogP contribution in [-0.2, 0) is 0 Å². The molecule has 1 fully saturated rings. The Bertz CT molecular complexity index is 423. The number of benzene rings is 1. The van der Waals surface area contributed by atoms with E-state index in [1.54, 1.807) is 13.0 Å². The van der Waals surface area contributed by atoms with Gasteiger partial charge >= 0.3 is 0 Å². The summed E-state index contributed by atoms with van der Waals surface area (Å²) in [6, 6.07) is 4.76. The molecular weight excluding hydrogens is 231 g/mol. The number of aryl methyl sites for hydroxylation is 1. The highest BCUT2D eigenvalue weighted by Crippen LogP contribution is 2.15. The molecule has 0 saturated carbocycles. The third kappa shape index (κ3) is 2.70. The average Bonchev–Trinajstić information content (AvgIpc) is 2.23. The molecule has 1 aliphatic rings. The van der Waals surface area contributed by atoms with Crippen LogP contribution in [0.4, 0.5) is 4.39 Å². The van der Waals surface area contributed by atoms with Crippen LogP contribution >= 0.6 is 0 Å². The average molecular weight is 250 g/mol. The second kappa shape index (κ2) is 5.48. The molecule has 0 spiro atoms. The fraction of sp³-hybridized carbons (Fsp3) is 0.500. The topological polar surface area (TPSA) is 32.3 Å².